The number of esters is 1. The summed E-state index contributed by atoms with van der Waals surface area (Å²) < 4.78 is 6.26. The summed E-state index contributed by atoms with van der Waals surface area (Å²) in [7, 11) is 0. The fraction of sp³-hybridized carbons (Fsp3) is 0.367. The van der Waals surface area contributed by atoms with Crippen LogP contribution in [0.3, 0.4) is 0 Å². The highest BCUT2D eigenvalue weighted by Crippen LogP contribution is 2.66. The molecule has 182 valence electrons. The lowest BCUT2D eigenvalue weighted by molar-refractivity contribution is -0.0242. The minimum atomic E-state index is -0.503. The van der Waals surface area contributed by atoms with Crippen LogP contribution in [0.15, 0.2) is 53.7 Å². The molecule has 0 unspecified atom stereocenters. The Morgan fingerprint density at radius 3 is 2.31 bits per heavy atom. The van der Waals surface area contributed by atoms with Crippen molar-refractivity contribution in [1.29, 1.82) is 0 Å². The van der Waals surface area contributed by atoms with Crippen LogP contribution < -0.4 is 0 Å². The summed E-state index contributed by atoms with van der Waals surface area (Å²) in [5.74, 6) is -0.210. The minimum absolute atomic E-state index is 0.0810. The number of rotatable bonds is 4. The number of hydrogen-bond donors (Lipinski definition) is 0. The highest BCUT2D eigenvalue weighted by atomic mass is 16.5. The minimum Gasteiger partial charge on any atom is -0.458 e. The molecule has 1 heterocycles. The molecular formula is C30H28N2O4. The largest absolute Gasteiger partial charge is 0.458 e. The highest BCUT2D eigenvalue weighted by molar-refractivity contribution is 6.26. The molecule has 2 bridgehead atoms. The summed E-state index contributed by atoms with van der Waals surface area (Å²) >= 11 is 0. The quantitative estimate of drug-likeness (QED) is 0.231. The first-order valence-electron chi connectivity index (χ1n) is 12.5. The average Bonchev–Trinajstić information content (AvgIpc) is 3.35. The summed E-state index contributed by atoms with van der Waals surface area (Å²) in [6, 6.07) is 14.1. The highest BCUT2D eigenvalue weighted by Gasteiger charge is 2.63. The lowest BCUT2D eigenvalue weighted by atomic mass is 9.70. The van der Waals surface area contributed by atoms with E-state index in [0.29, 0.717) is 39.6 Å². The van der Waals surface area contributed by atoms with E-state index in [9.17, 15) is 14.5 Å². The summed E-state index contributed by atoms with van der Waals surface area (Å²) in [4.78, 5) is 44.1. The maximum atomic E-state index is 13.9. The van der Waals surface area contributed by atoms with E-state index in [2.05, 4.69) is 25.9 Å². The number of fused-ring (bicyclic) bond motifs is 5. The van der Waals surface area contributed by atoms with E-state index in [4.69, 9.17) is 9.72 Å². The number of carbonyl (C=O) groups excluding carboxylic acids is 2. The van der Waals surface area contributed by atoms with E-state index in [1.54, 1.807) is 37.3 Å². The van der Waals surface area contributed by atoms with Crippen molar-refractivity contribution in [2.45, 2.75) is 53.1 Å². The molecule has 3 aliphatic carbocycles. The molecule has 6 rings (SSSR count). The van der Waals surface area contributed by atoms with Crippen molar-refractivity contribution < 1.29 is 14.3 Å². The SMILES string of the molecule is Cc1nc2c(c(-c3ccccc3N=O)c1C(=O)O[C@@H]1C[C@H]3CC[C@]1(C)C3(C)C)C(=O)c1ccccc1-2. The summed E-state index contributed by atoms with van der Waals surface area (Å²) in [6.07, 6.45) is 2.78. The van der Waals surface area contributed by atoms with Gasteiger partial charge in [0.15, 0.2) is 5.78 Å². The van der Waals surface area contributed by atoms with Gasteiger partial charge in [-0.3, -0.25) is 9.78 Å². The molecule has 0 spiro atoms. The first-order valence-corrected chi connectivity index (χ1v) is 12.5. The number of aryl methyl sites for hydroxylation is 1. The molecule has 0 saturated heterocycles. The van der Waals surface area contributed by atoms with Gasteiger partial charge in [-0.1, -0.05) is 63.2 Å². The van der Waals surface area contributed by atoms with Gasteiger partial charge < -0.3 is 4.74 Å². The Hall–Kier alpha value is -3.67. The molecule has 36 heavy (non-hydrogen) atoms. The molecule has 2 fully saturated rings. The average molecular weight is 481 g/mol. The molecule has 2 aromatic carbocycles. The van der Waals surface area contributed by atoms with E-state index < -0.39 is 5.97 Å². The molecule has 6 heteroatoms. The fourth-order valence-corrected chi connectivity index (χ4v) is 6.92. The van der Waals surface area contributed by atoms with Gasteiger partial charge in [0, 0.05) is 27.7 Å². The third kappa shape index (κ3) is 2.87. The van der Waals surface area contributed by atoms with Gasteiger partial charge in [-0.2, -0.15) is 0 Å². The Morgan fingerprint density at radius 1 is 1.00 bits per heavy atom. The van der Waals surface area contributed by atoms with Crippen molar-refractivity contribution in [2.75, 3.05) is 0 Å². The van der Waals surface area contributed by atoms with E-state index in [-0.39, 0.29) is 34.0 Å². The zero-order chi connectivity index (χ0) is 25.4. The maximum absolute atomic E-state index is 13.9. The number of nitrogens with zero attached hydrogens (tertiary/aromatic N) is 2. The third-order valence-electron chi connectivity index (χ3n) is 9.47. The fourth-order valence-electron chi connectivity index (χ4n) is 6.92. The van der Waals surface area contributed by atoms with E-state index in [0.717, 1.165) is 24.8 Å². The van der Waals surface area contributed by atoms with Crippen molar-refractivity contribution in [1.82, 2.24) is 4.98 Å². The van der Waals surface area contributed by atoms with Crippen LogP contribution in [0.1, 0.15) is 72.0 Å². The van der Waals surface area contributed by atoms with Crippen molar-refractivity contribution in [3.63, 3.8) is 0 Å². The number of ketones is 1. The first kappa shape index (κ1) is 22.8. The monoisotopic (exact) mass is 480 g/mol. The predicted molar refractivity (Wildman–Crippen MR) is 137 cm³/mol. The molecule has 3 atom stereocenters. The number of nitroso groups, excluding NO2 is 1. The number of benzene rings is 2. The zero-order valence-corrected chi connectivity index (χ0v) is 20.9. The number of carbonyl (C=O) groups is 2. The second-order valence-corrected chi connectivity index (χ2v) is 11.2. The molecule has 0 aliphatic heterocycles. The van der Waals surface area contributed by atoms with Gasteiger partial charge in [-0.25, -0.2) is 4.79 Å². The van der Waals surface area contributed by atoms with Gasteiger partial charge in [0.2, 0.25) is 0 Å². The van der Waals surface area contributed by atoms with Crippen LogP contribution in [0.25, 0.3) is 22.4 Å². The van der Waals surface area contributed by atoms with Crippen molar-refractivity contribution in [3.8, 4) is 22.4 Å². The second-order valence-electron chi connectivity index (χ2n) is 11.2. The van der Waals surface area contributed by atoms with E-state index in [1.165, 1.54) is 0 Å². The van der Waals surface area contributed by atoms with E-state index >= 15 is 0 Å². The molecule has 6 nitrogen and oxygen atoms in total. The lowest BCUT2D eigenvalue weighted by Crippen LogP contribution is -2.38. The second kappa shape index (κ2) is 7.66. The molecule has 3 aliphatic rings. The molecule has 0 radical (unpaired) electrons. The van der Waals surface area contributed by atoms with Crippen molar-refractivity contribution in [2.24, 2.45) is 21.9 Å². The van der Waals surface area contributed by atoms with Gasteiger partial charge >= 0.3 is 5.97 Å². The molecule has 3 aromatic rings. The van der Waals surface area contributed by atoms with Crippen LogP contribution in [0, 0.1) is 28.6 Å². The number of ether oxygens (including phenoxy) is 1. The zero-order valence-electron chi connectivity index (χ0n) is 20.9. The Labute approximate surface area is 210 Å². The number of hydrogen-bond acceptors (Lipinski definition) is 6. The molecule has 0 amide bonds. The van der Waals surface area contributed by atoms with Crippen molar-refractivity contribution >= 4 is 17.4 Å². The molecule has 2 saturated carbocycles. The molecular weight excluding hydrogens is 452 g/mol. The van der Waals surface area contributed by atoms with Crippen LogP contribution in [-0.2, 0) is 4.74 Å². The summed E-state index contributed by atoms with van der Waals surface area (Å²) in [5, 5.41) is 3.21. The van der Waals surface area contributed by atoms with E-state index in [1.807, 2.05) is 18.2 Å². The normalized spacial score (nSPS) is 24.9. The predicted octanol–water partition coefficient (Wildman–Crippen LogP) is 7.04. The van der Waals surface area contributed by atoms with Crippen molar-refractivity contribution in [3.05, 3.63) is 75.8 Å². The standard InChI is InChI=1S/C30H28N2O4/c1-16-23(28(34)36-22-15-17-13-14-30(22,4)29(17,2)3)24(20-11-7-8-12-21(20)32-35)25-26(31-16)18-9-5-6-10-19(18)27(25)33/h5-12,17,22H,13-15H2,1-4H3/t17-,22-,30+/m1/s1. The Kier molecular flexibility index (Phi) is 4.85. The van der Waals surface area contributed by atoms with Crippen LogP contribution in [-0.4, -0.2) is 22.8 Å². The van der Waals surface area contributed by atoms with Gasteiger partial charge in [-0.15, -0.1) is 4.91 Å². The Morgan fingerprint density at radius 2 is 1.67 bits per heavy atom. The van der Waals surface area contributed by atoms with Crippen LogP contribution >= 0.6 is 0 Å². The van der Waals surface area contributed by atoms with Gasteiger partial charge in [0.05, 0.1) is 22.5 Å². The summed E-state index contributed by atoms with van der Waals surface area (Å²) in [6.45, 7) is 8.52. The smallest absolute Gasteiger partial charge is 0.340 e. The number of pyridine rings is 1. The molecule has 0 N–H and O–H groups in total. The Balaban J connectivity index is 1.54. The van der Waals surface area contributed by atoms with Gasteiger partial charge in [-0.05, 0) is 48.8 Å². The summed E-state index contributed by atoms with van der Waals surface area (Å²) in [5.41, 5.74) is 3.74. The number of aromatic nitrogens is 1. The van der Waals surface area contributed by atoms with Gasteiger partial charge in [0.25, 0.3) is 0 Å². The van der Waals surface area contributed by atoms with Crippen LogP contribution in [0.4, 0.5) is 5.69 Å². The third-order valence-corrected chi connectivity index (χ3v) is 9.47. The first-order chi connectivity index (χ1) is 17.2. The van der Waals surface area contributed by atoms with Crippen LogP contribution in [0.2, 0.25) is 0 Å². The Bertz CT molecular complexity index is 1470. The van der Waals surface area contributed by atoms with Crippen LogP contribution in [0.5, 0.6) is 0 Å². The molecule has 1 aromatic heterocycles. The van der Waals surface area contributed by atoms with Gasteiger partial charge in [0.1, 0.15) is 11.8 Å². The topological polar surface area (TPSA) is 85.7 Å². The maximum Gasteiger partial charge on any atom is 0.340 e. The lowest BCUT2D eigenvalue weighted by Gasteiger charge is -2.38.